The molecule has 0 aliphatic rings. The van der Waals surface area contributed by atoms with E-state index in [0.29, 0.717) is 0 Å². The van der Waals surface area contributed by atoms with Gasteiger partial charge in [-0.3, -0.25) is 9.97 Å². The Labute approximate surface area is 245 Å². The predicted molar refractivity (Wildman–Crippen MR) is 152 cm³/mol. The van der Waals surface area contributed by atoms with Crippen LogP contribution in [0.1, 0.15) is 20.7 Å². The third kappa shape index (κ3) is 9.11. The summed E-state index contributed by atoms with van der Waals surface area (Å²) in [6, 6.07) is 25.2. The molecule has 202 valence electrons. The Kier molecular flexibility index (Phi) is 13.4. The van der Waals surface area contributed by atoms with Crippen molar-refractivity contribution in [1.82, 2.24) is 9.97 Å². The molecule has 0 amide bonds. The Hall–Kier alpha value is -4.40. The van der Waals surface area contributed by atoms with Gasteiger partial charge in [0.05, 0.1) is 23.0 Å². The van der Waals surface area contributed by atoms with Crippen LogP contribution in [0.25, 0.3) is 21.8 Å². The number of carbonyl (C=O) groups excluding carboxylic acids is 2. The van der Waals surface area contributed by atoms with Crippen molar-refractivity contribution in [3.63, 3.8) is 0 Å². The zero-order valence-electron chi connectivity index (χ0n) is 22.9. The first-order valence-electron chi connectivity index (χ1n) is 11.7. The van der Waals surface area contributed by atoms with Crippen molar-refractivity contribution >= 4 is 45.1 Å². The average Bonchev–Trinajstić information content (AvgIpc) is 2.93. The van der Waals surface area contributed by atoms with Gasteiger partial charge in [0.25, 0.3) is 0 Å². The molecule has 0 radical (unpaired) electrons. The van der Waals surface area contributed by atoms with E-state index in [2.05, 4.69) is 34.2 Å². The average molecular weight is 593 g/mol. The molecule has 0 fully saturated rings. The molecule has 3 N–H and O–H groups in total. The molecule has 0 atom stereocenters. The van der Waals surface area contributed by atoms with Crippen LogP contribution in [-0.2, 0) is 25.0 Å². The standard InChI is InChI=1S/C12H8N2.2C9H11NO2.H2O.Zn/c1-3-9-5-6-10-4-2-8-14-12(10)11(9)13-7-1;2*1-10(2)8-5-3-7(4-6-8)9(11)12;;/h1-8H;2*3-6H,1-2H3,(H,11,12);1H2;/q;;;;+2/p-1. The first kappa shape index (κ1) is 33.6. The zero-order chi connectivity index (χ0) is 27.7. The summed E-state index contributed by atoms with van der Waals surface area (Å²) in [6.45, 7) is 0. The minimum Gasteiger partial charge on any atom is -0.545 e. The second-order valence-corrected chi connectivity index (χ2v) is 8.67. The Morgan fingerprint density at radius 2 is 0.900 bits per heavy atom. The molecule has 0 unspecified atom stereocenters. The number of hydrogen-bond acceptors (Lipinski definition) is 8. The third-order valence-electron chi connectivity index (χ3n) is 5.58. The number of hydrogen-bond donors (Lipinski definition) is 0. The van der Waals surface area contributed by atoms with Crippen LogP contribution in [-0.4, -0.2) is 50.1 Å². The number of carbonyl (C=O) groups is 2. The van der Waals surface area contributed by atoms with Crippen LogP contribution in [0.3, 0.4) is 0 Å². The van der Waals surface area contributed by atoms with Gasteiger partial charge in [-0.15, -0.1) is 0 Å². The van der Waals surface area contributed by atoms with Crippen LogP contribution in [0.2, 0.25) is 0 Å². The van der Waals surface area contributed by atoms with Gasteiger partial charge in [-0.1, -0.05) is 48.5 Å². The van der Waals surface area contributed by atoms with Crippen molar-refractivity contribution in [3.8, 4) is 0 Å². The van der Waals surface area contributed by atoms with Gasteiger partial charge in [0, 0.05) is 62.7 Å². The Morgan fingerprint density at radius 1 is 0.575 bits per heavy atom. The normalized spacial score (nSPS) is 9.50. The van der Waals surface area contributed by atoms with Gasteiger partial charge in [0.2, 0.25) is 0 Å². The van der Waals surface area contributed by atoms with Gasteiger partial charge < -0.3 is 35.1 Å². The Bertz CT molecular complexity index is 1410. The van der Waals surface area contributed by atoms with Crippen LogP contribution in [0.5, 0.6) is 0 Å². The van der Waals surface area contributed by atoms with Crippen LogP contribution in [0.15, 0.2) is 97.3 Å². The summed E-state index contributed by atoms with van der Waals surface area (Å²) >= 11 is 0. The molecule has 5 aromatic rings. The fourth-order valence-electron chi connectivity index (χ4n) is 3.47. The zero-order valence-corrected chi connectivity index (χ0v) is 25.9. The number of aromatic carboxylic acids is 2. The van der Waals surface area contributed by atoms with Gasteiger partial charge in [-0.2, -0.15) is 0 Å². The molecule has 10 heteroatoms. The third-order valence-corrected chi connectivity index (χ3v) is 5.58. The SMILES string of the molecule is CN(C)c1ccc(C(=O)[O-])cc1.CN(C)c1ccc(C(=O)[O-])cc1.[OH3+].[Zn+2].c1cnc2c(c1)ccc1cccnc12. The topological polar surface area (TPSA) is 146 Å². The van der Waals surface area contributed by atoms with E-state index >= 15 is 0 Å². The maximum atomic E-state index is 10.4. The van der Waals surface area contributed by atoms with Gasteiger partial charge in [-0.25, -0.2) is 0 Å². The number of carboxylic acid groups (broad SMARTS) is 2. The van der Waals surface area contributed by atoms with Crippen molar-refractivity contribution in [2.45, 2.75) is 0 Å². The summed E-state index contributed by atoms with van der Waals surface area (Å²) in [5.74, 6) is -2.28. The van der Waals surface area contributed by atoms with E-state index < -0.39 is 11.9 Å². The Balaban J connectivity index is 0.000000295. The summed E-state index contributed by atoms with van der Waals surface area (Å²) in [5, 5.41) is 23.0. The molecule has 0 saturated heterocycles. The molecule has 9 nitrogen and oxygen atoms in total. The summed E-state index contributed by atoms with van der Waals surface area (Å²) < 4.78 is 0. The molecule has 3 aromatic carbocycles. The summed E-state index contributed by atoms with van der Waals surface area (Å²) in [5.41, 5.74) is 4.32. The quantitative estimate of drug-likeness (QED) is 0.175. The van der Waals surface area contributed by atoms with E-state index in [1.807, 2.05) is 50.1 Å². The molecule has 5 rings (SSSR count). The van der Waals surface area contributed by atoms with E-state index in [-0.39, 0.29) is 36.1 Å². The number of benzene rings is 3. The number of rotatable bonds is 4. The number of aromatic nitrogens is 2. The van der Waals surface area contributed by atoms with Gasteiger partial charge in [-0.05, 0) is 47.5 Å². The molecule has 2 heterocycles. The van der Waals surface area contributed by atoms with E-state index in [4.69, 9.17) is 0 Å². The summed E-state index contributed by atoms with van der Waals surface area (Å²) in [4.78, 5) is 33.2. The number of fused-ring (bicyclic) bond motifs is 3. The molecule has 0 spiro atoms. The maximum absolute atomic E-state index is 10.4. The van der Waals surface area contributed by atoms with Crippen molar-refractivity contribution in [2.24, 2.45) is 0 Å². The van der Waals surface area contributed by atoms with Crippen LogP contribution >= 0.6 is 0 Å². The largest absolute Gasteiger partial charge is 2.00 e. The number of nitrogens with zero attached hydrogens (tertiary/aromatic N) is 4. The van der Waals surface area contributed by atoms with Crippen LogP contribution in [0, 0.1) is 0 Å². The molecule has 0 aliphatic heterocycles. The smallest absolute Gasteiger partial charge is 0.545 e. The predicted octanol–water partition coefficient (Wildman–Crippen LogP) is 2.09. The maximum Gasteiger partial charge on any atom is 2.00 e. The fourth-order valence-corrected chi connectivity index (χ4v) is 3.47. The fraction of sp³-hybridized carbons (Fsp3) is 0.133. The van der Waals surface area contributed by atoms with Gasteiger partial charge in [0.1, 0.15) is 0 Å². The van der Waals surface area contributed by atoms with E-state index in [1.165, 1.54) is 24.3 Å². The number of pyridine rings is 2. The second kappa shape index (κ2) is 15.9. The Morgan fingerprint density at radius 3 is 1.18 bits per heavy atom. The first-order valence-corrected chi connectivity index (χ1v) is 11.7. The van der Waals surface area contributed by atoms with Crippen molar-refractivity contribution in [2.75, 3.05) is 38.0 Å². The molecule has 40 heavy (non-hydrogen) atoms. The molecular formula is C30H31N4O5Zn+. The molecule has 0 bridgehead atoms. The summed E-state index contributed by atoms with van der Waals surface area (Å²) in [6.07, 6.45) is 3.60. The molecule has 2 aromatic heterocycles. The van der Waals surface area contributed by atoms with Crippen LogP contribution in [0.4, 0.5) is 11.4 Å². The monoisotopic (exact) mass is 591 g/mol. The minimum atomic E-state index is -1.14. The number of carboxylic acids is 2. The minimum absolute atomic E-state index is 0. The van der Waals surface area contributed by atoms with Gasteiger partial charge >= 0.3 is 19.5 Å². The van der Waals surface area contributed by atoms with E-state index in [1.54, 1.807) is 36.7 Å². The van der Waals surface area contributed by atoms with E-state index in [9.17, 15) is 19.8 Å². The second-order valence-electron chi connectivity index (χ2n) is 8.67. The molecular weight excluding hydrogens is 562 g/mol. The first-order chi connectivity index (χ1) is 18.2. The van der Waals surface area contributed by atoms with E-state index in [0.717, 1.165) is 33.2 Å². The molecule has 0 aliphatic carbocycles. The molecule has 0 saturated carbocycles. The van der Waals surface area contributed by atoms with Crippen LogP contribution < -0.4 is 20.0 Å². The van der Waals surface area contributed by atoms with Gasteiger partial charge in [0.15, 0.2) is 0 Å². The van der Waals surface area contributed by atoms with Crippen molar-refractivity contribution in [1.29, 1.82) is 0 Å². The van der Waals surface area contributed by atoms with Crippen molar-refractivity contribution < 1.29 is 44.8 Å². The summed E-state index contributed by atoms with van der Waals surface area (Å²) in [7, 11) is 7.59. The number of anilines is 2. The van der Waals surface area contributed by atoms with Crippen molar-refractivity contribution in [3.05, 3.63) is 108 Å².